The van der Waals surface area contributed by atoms with Crippen molar-refractivity contribution in [3.8, 4) is 0 Å². The van der Waals surface area contributed by atoms with Gasteiger partial charge in [-0.15, -0.1) is 0 Å². The molecule has 1 heterocycles. The van der Waals surface area contributed by atoms with Crippen LogP contribution in [0.15, 0.2) is 0 Å². The molecule has 3 N–H and O–H groups in total. The summed E-state index contributed by atoms with van der Waals surface area (Å²) in [6, 6.07) is -0.583. The number of amides is 2. The topological polar surface area (TPSA) is 95.5 Å². The zero-order chi connectivity index (χ0) is 12.6. The summed E-state index contributed by atoms with van der Waals surface area (Å²) in [6.45, 7) is 1.53. The second-order valence-corrected chi connectivity index (χ2v) is 4.93. The van der Waals surface area contributed by atoms with Gasteiger partial charge < -0.3 is 15.7 Å². The van der Waals surface area contributed by atoms with Crippen molar-refractivity contribution in [2.24, 2.45) is 5.92 Å². The van der Waals surface area contributed by atoms with Crippen molar-refractivity contribution in [3.05, 3.63) is 0 Å². The predicted molar refractivity (Wildman–Crippen MR) is 58.1 cm³/mol. The fourth-order valence-corrected chi connectivity index (χ4v) is 2.14. The van der Waals surface area contributed by atoms with Gasteiger partial charge >= 0.3 is 5.97 Å². The average molecular weight is 240 g/mol. The minimum absolute atomic E-state index is 0.000976. The quantitative estimate of drug-likeness (QED) is 0.625. The van der Waals surface area contributed by atoms with Gasteiger partial charge in [0.1, 0.15) is 11.6 Å². The third kappa shape index (κ3) is 2.25. The van der Waals surface area contributed by atoms with Crippen LogP contribution >= 0.6 is 0 Å². The van der Waals surface area contributed by atoms with Crippen molar-refractivity contribution < 1.29 is 19.5 Å². The molecule has 2 atom stereocenters. The van der Waals surface area contributed by atoms with Gasteiger partial charge in [0.25, 0.3) is 0 Å². The number of carboxylic acids is 1. The molecule has 6 nitrogen and oxygen atoms in total. The molecular formula is C11H16N2O4. The minimum atomic E-state index is -1.20. The number of carboxylic acid groups (broad SMARTS) is 1. The number of carbonyl (C=O) groups is 3. The molecule has 0 aromatic carbocycles. The molecule has 2 rings (SSSR count). The van der Waals surface area contributed by atoms with E-state index in [9.17, 15) is 19.5 Å². The standard InChI is InChI=1S/C11H16N2O4/c1-11(10(16)17,6-2-3-6)13-9(15)7-4-5-8(14)12-7/h6-7H,2-5H2,1H3,(H,12,14)(H,13,15)(H,16,17). The lowest BCUT2D eigenvalue weighted by atomic mass is 9.95. The monoisotopic (exact) mass is 240 g/mol. The Balaban J connectivity index is 2.01. The molecule has 1 saturated heterocycles. The first kappa shape index (κ1) is 11.9. The lowest BCUT2D eigenvalue weighted by Crippen LogP contribution is -2.57. The predicted octanol–water partition coefficient (Wildman–Crippen LogP) is -0.366. The zero-order valence-corrected chi connectivity index (χ0v) is 9.66. The number of hydrogen-bond acceptors (Lipinski definition) is 3. The van der Waals surface area contributed by atoms with E-state index in [0.29, 0.717) is 12.8 Å². The minimum Gasteiger partial charge on any atom is -0.480 e. The van der Waals surface area contributed by atoms with Crippen molar-refractivity contribution in [2.45, 2.75) is 44.2 Å². The Morgan fingerprint density at radius 3 is 2.47 bits per heavy atom. The Bertz CT molecular complexity index is 378. The summed E-state index contributed by atoms with van der Waals surface area (Å²) < 4.78 is 0. The molecule has 2 amide bonds. The van der Waals surface area contributed by atoms with E-state index < -0.39 is 23.5 Å². The van der Waals surface area contributed by atoms with Crippen molar-refractivity contribution in [1.82, 2.24) is 10.6 Å². The van der Waals surface area contributed by atoms with Gasteiger partial charge in [-0.1, -0.05) is 0 Å². The second-order valence-electron chi connectivity index (χ2n) is 4.93. The molecule has 0 bridgehead atoms. The summed E-state index contributed by atoms with van der Waals surface area (Å²) in [4.78, 5) is 34.1. The Labute approximate surface area is 98.8 Å². The van der Waals surface area contributed by atoms with Crippen LogP contribution in [0.2, 0.25) is 0 Å². The molecule has 2 fully saturated rings. The molecule has 0 aromatic rings. The lowest BCUT2D eigenvalue weighted by Gasteiger charge is -2.27. The lowest BCUT2D eigenvalue weighted by molar-refractivity contribution is -0.148. The summed E-state index contributed by atoms with van der Waals surface area (Å²) in [5.74, 6) is -1.57. The summed E-state index contributed by atoms with van der Waals surface area (Å²) in [7, 11) is 0. The summed E-state index contributed by atoms with van der Waals surface area (Å²) in [5.41, 5.74) is -1.20. The van der Waals surface area contributed by atoms with Crippen molar-refractivity contribution in [1.29, 1.82) is 0 Å². The van der Waals surface area contributed by atoms with E-state index in [0.717, 1.165) is 12.8 Å². The first-order valence-electron chi connectivity index (χ1n) is 5.78. The first-order chi connectivity index (χ1) is 7.93. The molecule has 17 heavy (non-hydrogen) atoms. The number of nitrogens with one attached hydrogen (secondary N) is 2. The Hall–Kier alpha value is -1.59. The maximum absolute atomic E-state index is 11.9. The van der Waals surface area contributed by atoms with Gasteiger partial charge in [-0.25, -0.2) is 4.79 Å². The van der Waals surface area contributed by atoms with Crippen LogP contribution in [0.5, 0.6) is 0 Å². The third-order valence-electron chi connectivity index (χ3n) is 3.53. The Kier molecular flexibility index (Phi) is 2.81. The molecule has 0 aromatic heterocycles. The molecule has 94 valence electrons. The van der Waals surface area contributed by atoms with E-state index in [2.05, 4.69) is 10.6 Å². The van der Waals surface area contributed by atoms with Gasteiger partial charge in [0.05, 0.1) is 0 Å². The average Bonchev–Trinajstić information content (AvgIpc) is 3.01. The van der Waals surface area contributed by atoms with Gasteiger partial charge in [0.2, 0.25) is 11.8 Å². The molecule has 6 heteroatoms. The molecule has 0 radical (unpaired) electrons. The molecule has 1 aliphatic carbocycles. The van der Waals surface area contributed by atoms with E-state index >= 15 is 0 Å². The fourth-order valence-electron chi connectivity index (χ4n) is 2.14. The van der Waals surface area contributed by atoms with Crippen LogP contribution in [0.3, 0.4) is 0 Å². The maximum Gasteiger partial charge on any atom is 0.329 e. The molecule has 0 spiro atoms. The number of hydrogen-bond donors (Lipinski definition) is 3. The van der Waals surface area contributed by atoms with Crippen molar-refractivity contribution >= 4 is 17.8 Å². The van der Waals surface area contributed by atoms with Gasteiger partial charge in [0, 0.05) is 6.42 Å². The summed E-state index contributed by atoms with van der Waals surface area (Å²) in [6.07, 6.45) is 2.40. The molecular weight excluding hydrogens is 224 g/mol. The highest BCUT2D eigenvalue weighted by Crippen LogP contribution is 2.39. The fraction of sp³-hybridized carbons (Fsp3) is 0.727. The second kappa shape index (κ2) is 4.01. The molecule has 2 unspecified atom stereocenters. The van der Waals surface area contributed by atoms with Crippen molar-refractivity contribution in [2.75, 3.05) is 0 Å². The Morgan fingerprint density at radius 1 is 1.41 bits per heavy atom. The highest BCUT2D eigenvalue weighted by molar-refractivity contribution is 5.94. The van der Waals surface area contributed by atoms with Crippen LogP contribution in [0, 0.1) is 5.92 Å². The van der Waals surface area contributed by atoms with Crippen LogP contribution in [-0.4, -0.2) is 34.5 Å². The normalized spacial score (nSPS) is 27.1. The molecule has 1 aliphatic heterocycles. The van der Waals surface area contributed by atoms with E-state index in [-0.39, 0.29) is 11.8 Å². The molecule has 2 aliphatic rings. The van der Waals surface area contributed by atoms with Gasteiger partial charge in [0.15, 0.2) is 0 Å². The maximum atomic E-state index is 11.9. The highest BCUT2D eigenvalue weighted by atomic mass is 16.4. The molecule has 1 saturated carbocycles. The van der Waals surface area contributed by atoms with Gasteiger partial charge in [-0.05, 0) is 32.1 Å². The SMILES string of the molecule is CC(NC(=O)C1CCC(=O)N1)(C(=O)O)C1CC1. The zero-order valence-electron chi connectivity index (χ0n) is 9.66. The highest BCUT2D eigenvalue weighted by Gasteiger charge is 2.49. The van der Waals surface area contributed by atoms with Gasteiger partial charge in [-0.2, -0.15) is 0 Å². The first-order valence-corrected chi connectivity index (χ1v) is 5.78. The van der Waals surface area contributed by atoms with E-state index in [1.807, 2.05) is 0 Å². The largest absolute Gasteiger partial charge is 0.480 e. The van der Waals surface area contributed by atoms with Crippen LogP contribution in [0.4, 0.5) is 0 Å². The van der Waals surface area contributed by atoms with Crippen LogP contribution in [0.25, 0.3) is 0 Å². The summed E-state index contributed by atoms with van der Waals surface area (Å²) in [5, 5.41) is 14.3. The number of carbonyl (C=O) groups excluding carboxylic acids is 2. The Morgan fingerprint density at radius 2 is 2.06 bits per heavy atom. The van der Waals surface area contributed by atoms with E-state index in [1.54, 1.807) is 0 Å². The van der Waals surface area contributed by atoms with Gasteiger partial charge in [-0.3, -0.25) is 9.59 Å². The summed E-state index contributed by atoms with van der Waals surface area (Å²) >= 11 is 0. The third-order valence-corrected chi connectivity index (χ3v) is 3.53. The van der Waals surface area contributed by atoms with Crippen LogP contribution in [-0.2, 0) is 14.4 Å². The van der Waals surface area contributed by atoms with E-state index in [1.165, 1.54) is 6.92 Å². The smallest absolute Gasteiger partial charge is 0.329 e. The number of rotatable bonds is 4. The van der Waals surface area contributed by atoms with Crippen LogP contribution in [0.1, 0.15) is 32.6 Å². The van der Waals surface area contributed by atoms with Crippen molar-refractivity contribution in [3.63, 3.8) is 0 Å². The number of aliphatic carboxylic acids is 1. The van der Waals surface area contributed by atoms with Crippen LogP contribution < -0.4 is 10.6 Å². The van der Waals surface area contributed by atoms with E-state index in [4.69, 9.17) is 0 Å².